The van der Waals surface area contributed by atoms with E-state index in [1.54, 1.807) is 0 Å². The minimum atomic E-state index is 1.01. The minimum Gasteiger partial charge on any atom is -0.162 e. The maximum absolute atomic E-state index is 3.75. The van der Waals surface area contributed by atoms with Crippen molar-refractivity contribution in [3.05, 3.63) is 19.1 Å². The van der Waals surface area contributed by atoms with Gasteiger partial charge in [0.25, 0.3) is 0 Å². The Kier molecular flexibility index (Phi) is 8.17. The van der Waals surface area contributed by atoms with Gasteiger partial charge in [-0.2, -0.15) is 11.8 Å². The van der Waals surface area contributed by atoms with Gasteiger partial charge in [-0.3, -0.25) is 0 Å². The predicted octanol–water partition coefficient (Wildman–Crippen LogP) is 2.91. The van der Waals surface area contributed by atoms with Crippen molar-refractivity contribution in [2.45, 2.75) is 19.8 Å². The zero-order valence-electron chi connectivity index (χ0n) is 6.10. The fourth-order valence-corrected chi connectivity index (χ4v) is 1.15. The molecule has 0 saturated carbocycles. The van der Waals surface area contributed by atoms with E-state index in [9.17, 15) is 0 Å². The van der Waals surface area contributed by atoms with Gasteiger partial charge in [0.05, 0.1) is 0 Å². The lowest BCUT2D eigenvalue weighted by atomic mass is 10.3. The quantitative estimate of drug-likeness (QED) is 0.421. The summed E-state index contributed by atoms with van der Waals surface area (Å²) in [5.41, 5.74) is 0. The van der Waals surface area contributed by atoms with Crippen molar-refractivity contribution in [3.63, 3.8) is 0 Å². The Morgan fingerprint density at radius 3 is 2.89 bits per heavy atom. The van der Waals surface area contributed by atoms with Crippen LogP contribution in [0.25, 0.3) is 0 Å². The lowest BCUT2D eigenvalue weighted by Gasteiger charge is -1.92. The SMILES string of the molecule is [CH2]CSCCCC=CC. The normalized spacial score (nSPS) is 10.9. The van der Waals surface area contributed by atoms with Crippen LogP contribution in [-0.2, 0) is 0 Å². The highest BCUT2D eigenvalue weighted by Gasteiger charge is 1.82. The summed E-state index contributed by atoms with van der Waals surface area (Å²) in [4.78, 5) is 0. The van der Waals surface area contributed by atoms with E-state index >= 15 is 0 Å². The molecule has 0 aliphatic carbocycles. The lowest BCUT2D eigenvalue weighted by molar-refractivity contribution is 0.970. The Hall–Kier alpha value is 0.0900. The minimum absolute atomic E-state index is 1.01. The van der Waals surface area contributed by atoms with Gasteiger partial charge in [0, 0.05) is 0 Å². The molecule has 0 heterocycles. The molecule has 0 N–H and O–H groups in total. The van der Waals surface area contributed by atoms with Crippen LogP contribution < -0.4 is 0 Å². The molecule has 0 atom stereocenters. The topological polar surface area (TPSA) is 0 Å². The molecule has 0 aliphatic heterocycles. The molecular formula is C8H15S. The second kappa shape index (κ2) is 8.09. The van der Waals surface area contributed by atoms with Crippen molar-refractivity contribution >= 4 is 11.8 Å². The van der Waals surface area contributed by atoms with Crippen molar-refractivity contribution in [2.24, 2.45) is 0 Å². The molecule has 0 aromatic rings. The van der Waals surface area contributed by atoms with E-state index in [1.807, 2.05) is 11.8 Å². The first kappa shape index (κ1) is 9.09. The Balaban J connectivity index is 2.75. The van der Waals surface area contributed by atoms with Gasteiger partial charge in [-0.1, -0.05) is 12.2 Å². The molecule has 0 nitrogen and oxygen atoms in total. The molecule has 9 heavy (non-hydrogen) atoms. The smallest absolute Gasteiger partial charge is 0.00646 e. The predicted molar refractivity (Wildman–Crippen MR) is 46.7 cm³/mol. The number of hydrogen-bond acceptors (Lipinski definition) is 1. The van der Waals surface area contributed by atoms with E-state index in [2.05, 4.69) is 26.0 Å². The number of allylic oxidation sites excluding steroid dienone is 2. The third kappa shape index (κ3) is 8.09. The summed E-state index contributed by atoms with van der Waals surface area (Å²) in [6.45, 7) is 5.81. The number of rotatable bonds is 5. The van der Waals surface area contributed by atoms with E-state index in [-0.39, 0.29) is 0 Å². The third-order valence-electron chi connectivity index (χ3n) is 1.04. The third-order valence-corrected chi connectivity index (χ3v) is 1.91. The van der Waals surface area contributed by atoms with Crippen LogP contribution in [0.2, 0.25) is 0 Å². The number of unbranched alkanes of at least 4 members (excludes halogenated alkanes) is 1. The van der Waals surface area contributed by atoms with Crippen LogP contribution in [0.3, 0.4) is 0 Å². The van der Waals surface area contributed by atoms with Gasteiger partial charge in [0.1, 0.15) is 0 Å². The van der Waals surface area contributed by atoms with Crippen molar-refractivity contribution in [2.75, 3.05) is 11.5 Å². The maximum Gasteiger partial charge on any atom is -0.00646 e. The van der Waals surface area contributed by atoms with Crippen LogP contribution >= 0.6 is 11.8 Å². The van der Waals surface area contributed by atoms with E-state index in [0.717, 1.165) is 5.75 Å². The van der Waals surface area contributed by atoms with Crippen LogP contribution in [-0.4, -0.2) is 11.5 Å². The second-order valence-corrected chi connectivity index (χ2v) is 3.05. The molecule has 53 valence electrons. The summed E-state index contributed by atoms with van der Waals surface area (Å²) in [6.07, 6.45) is 6.84. The summed E-state index contributed by atoms with van der Waals surface area (Å²) < 4.78 is 0. The zero-order valence-corrected chi connectivity index (χ0v) is 6.91. The molecule has 1 heteroatoms. The molecule has 0 saturated heterocycles. The Morgan fingerprint density at radius 1 is 1.56 bits per heavy atom. The van der Waals surface area contributed by atoms with Crippen molar-refractivity contribution < 1.29 is 0 Å². The zero-order chi connectivity index (χ0) is 6.95. The maximum atomic E-state index is 3.75. The summed E-state index contributed by atoms with van der Waals surface area (Å²) in [5, 5.41) is 0. The highest BCUT2D eigenvalue weighted by atomic mass is 32.2. The molecule has 0 aliphatic rings. The summed E-state index contributed by atoms with van der Waals surface area (Å²) in [6, 6.07) is 0. The molecule has 1 radical (unpaired) electrons. The van der Waals surface area contributed by atoms with Crippen LogP contribution in [0, 0.1) is 6.92 Å². The fraction of sp³-hybridized carbons (Fsp3) is 0.625. The average Bonchev–Trinajstić information content (AvgIpc) is 1.89. The first-order valence-corrected chi connectivity index (χ1v) is 4.55. The molecule has 0 spiro atoms. The molecule has 0 fully saturated rings. The molecular weight excluding hydrogens is 128 g/mol. The lowest BCUT2D eigenvalue weighted by Crippen LogP contribution is -1.77. The number of hydrogen-bond donors (Lipinski definition) is 0. The monoisotopic (exact) mass is 143 g/mol. The van der Waals surface area contributed by atoms with E-state index < -0.39 is 0 Å². The van der Waals surface area contributed by atoms with Gasteiger partial charge in [0.2, 0.25) is 0 Å². The summed E-state index contributed by atoms with van der Waals surface area (Å²) in [5.74, 6) is 2.27. The second-order valence-electron chi connectivity index (χ2n) is 1.82. The van der Waals surface area contributed by atoms with Gasteiger partial charge in [-0.25, -0.2) is 0 Å². The number of thioether (sulfide) groups is 1. The van der Waals surface area contributed by atoms with Crippen LogP contribution in [0.5, 0.6) is 0 Å². The van der Waals surface area contributed by atoms with Gasteiger partial charge >= 0.3 is 0 Å². The molecule has 0 unspecified atom stereocenters. The fourth-order valence-electron chi connectivity index (χ4n) is 0.572. The first-order chi connectivity index (χ1) is 4.41. The summed E-state index contributed by atoms with van der Waals surface area (Å²) >= 11 is 1.91. The van der Waals surface area contributed by atoms with Gasteiger partial charge in [0.15, 0.2) is 0 Å². The molecule has 0 amide bonds. The average molecular weight is 143 g/mol. The molecule has 0 aromatic heterocycles. The van der Waals surface area contributed by atoms with E-state index in [0.29, 0.717) is 0 Å². The first-order valence-electron chi connectivity index (χ1n) is 3.40. The standard InChI is InChI=1S/C8H15S/c1-3-5-6-7-8-9-4-2/h3,5H,2,4,6-8H2,1H3. The van der Waals surface area contributed by atoms with Gasteiger partial charge in [-0.15, -0.1) is 0 Å². The van der Waals surface area contributed by atoms with E-state index in [1.165, 1.54) is 18.6 Å². The Morgan fingerprint density at radius 2 is 2.33 bits per heavy atom. The van der Waals surface area contributed by atoms with Crippen LogP contribution in [0.15, 0.2) is 12.2 Å². The highest BCUT2D eigenvalue weighted by molar-refractivity contribution is 7.99. The molecule has 0 rings (SSSR count). The van der Waals surface area contributed by atoms with Crippen molar-refractivity contribution in [3.8, 4) is 0 Å². The van der Waals surface area contributed by atoms with Crippen molar-refractivity contribution in [1.82, 2.24) is 0 Å². The van der Waals surface area contributed by atoms with Gasteiger partial charge < -0.3 is 0 Å². The Bertz CT molecular complexity index is 67.0. The Labute approximate surface area is 62.7 Å². The summed E-state index contributed by atoms with van der Waals surface area (Å²) in [7, 11) is 0. The van der Waals surface area contributed by atoms with Crippen LogP contribution in [0.4, 0.5) is 0 Å². The van der Waals surface area contributed by atoms with E-state index in [4.69, 9.17) is 0 Å². The van der Waals surface area contributed by atoms with Crippen molar-refractivity contribution in [1.29, 1.82) is 0 Å². The van der Waals surface area contributed by atoms with Gasteiger partial charge in [-0.05, 0) is 38.2 Å². The van der Waals surface area contributed by atoms with Crippen LogP contribution in [0.1, 0.15) is 19.8 Å². The molecule has 0 aromatic carbocycles. The largest absolute Gasteiger partial charge is 0.162 e. The molecule has 0 bridgehead atoms. The highest BCUT2D eigenvalue weighted by Crippen LogP contribution is 2.03.